The van der Waals surface area contributed by atoms with Crippen LogP contribution in [0.15, 0.2) is 23.1 Å². The molecular weight excluding hydrogens is 204 g/mol. The lowest BCUT2D eigenvalue weighted by Crippen LogP contribution is -1.74. The summed E-state index contributed by atoms with van der Waals surface area (Å²) >= 11 is 3.31. The second-order valence-electron chi connectivity index (χ2n) is 2.52. The van der Waals surface area contributed by atoms with E-state index in [-0.39, 0.29) is 0 Å². The van der Waals surface area contributed by atoms with Gasteiger partial charge in [-0.2, -0.15) is 0 Å². The summed E-state index contributed by atoms with van der Waals surface area (Å²) in [5, 5.41) is 1.19. The fourth-order valence-electron chi connectivity index (χ4n) is 1.13. The van der Waals surface area contributed by atoms with Crippen LogP contribution in [0.3, 0.4) is 0 Å². The Morgan fingerprint density at radius 2 is 2.36 bits per heavy atom. The average Bonchev–Trinajstić information content (AvgIpc) is 2.32. The largest absolute Gasteiger partial charge is 0.361 e. The van der Waals surface area contributed by atoms with Crippen molar-refractivity contribution in [3.05, 3.63) is 28.6 Å². The van der Waals surface area contributed by atoms with Crippen molar-refractivity contribution in [2.45, 2.75) is 6.92 Å². The molecule has 1 N–H and O–H groups in total. The van der Waals surface area contributed by atoms with Gasteiger partial charge in [0, 0.05) is 23.3 Å². The Bertz CT molecular complexity index is 392. The molecule has 0 unspecified atom stereocenters. The predicted molar refractivity (Wildman–Crippen MR) is 48.5 cm³/mol. The molecule has 0 saturated heterocycles. The lowest BCUT2D eigenvalue weighted by molar-refractivity contribution is 1.30. The highest BCUT2D eigenvalue weighted by Crippen LogP contribution is 2.18. The van der Waals surface area contributed by atoms with E-state index in [0.717, 1.165) is 10.1 Å². The zero-order chi connectivity index (χ0) is 7.84. The number of aryl methyl sites for hydroxylation is 1. The number of nitrogens with zero attached hydrogens (tertiary/aromatic N) is 1. The Labute approximate surface area is 72.8 Å². The molecule has 56 valence electrons. The smallest absolute Gasteiger partial charge is 0.108 e. The fourth-order valence-corrected chi connectivity index (χ4v) is 1.46. The van der Waals surface area contributed by atoms with E-state index in [9.17, 15) is 0 Å². The first-order valence-corrected chi connectivity index (χ1v) is 4.16. The van der Waals surface area contributed by atoms with Crippen molar-refractivity contribution < 1.29 is 0 Å². The SMILES string of the molecule is Cc1c[nH]c2cc(Br)ncc12. The zero-order valence-electron chi connectivity index (χ0n) is 6.06. The molecule has 0 amide bonds. The molecule has 0 spiro atoms. The number of H-pyrrole nitrogens is 1. The van der Waals surface area contributed by atoms with Crippen LogP contribution in [0.5, 0.6) is 0 Å². The third-order valence-corrected chi connectivity index (χ3v) is 2.17. The van der Waals surface area contributed by atoms with Crippen LogP contribution < -0.4 is 0 Å². The molecule has 2 rings (SSSR count). The van der Waals surface area contributed by atoms with Crippen molar-refractivity contribution in [2.75, 3.05) is 0 Å². The molecule has 0 aromatic carbocycles. The zero-order valence-corrected chi connectivity index (χ0v) is 7.64. The Kier molecular flexibility index (Phi) is 1.46. The van der Waals surface area contributed by atoms with E-state index >= 15 is 0 Å². The van der Waals surface area contributed by atoms with Crippen molar-refractivity contribution in [2.24, 2.45) is 0 Å². The van der Waals surface area contributed by atoms with Crippen LogP contribution in [-0.4, -0.2) is 9.97 Å². The molecular formula is C8H7BrN2. The highest BCUT2D eigenvalue weighted by Gasteiger charge is 1.98. The molecule has 0 aliphatic rings. The Morgan fingerprint density at radius 3 is 3.18 bits per heavy atom. The quantitative estimate of drug-likeness (QED) is 0.666. The molecule has 0 aliphatic carbocycles. The van der Waals surface area contributed by atoms with Crippen LogP contribution in [0, 0.1) is 6.92 Å². The minimum Gasteiger partial charge on any atom is -0.361 e. The van der Waals surface area contributed by atoms with Crippen molar-refractivity contribution in [3.8, 4) is 0 Å². The van der Waals surface area contributed by atoms with Gasteiger partial charge in [-0.1, -0.05) is 0 Å². The molecule has 3 heteroatoms. The predicted octanol–water partition coefficient (Wildman–Crippen LogP) is 2.63. The van der Waals surface area contributed by atoms with E-state index in [1.807, 2.05) is 18.5 Å². The van der Waals surface area contributed by atoms with E-state index in [2.05, 4.69) is 32.8 Å². The molecule has 0 saturated carbocycles. The third kappa shape index (κ3) is 1.05. The Balaban J connectivity index is 2.86. The highest BCUT2D eigenvalue weighted by atomic mass is 79.9. The van der Waals surface area contributed by atoms with Gasteiger partial charge in [-0.3, -0.25) is 0 Å². The molecule has 2 aromatic rings. The fraction of sp³-hybridized carbons (Fsp3) is 0.125. The van der Waals surface area contributed by atoms with E-state index in [0.29, 0.717) is 0 Å². The summed E-state index contributed by atoms with van der Waals surface area (Å²) in [5.74, 6) is 0. The molecule has 0 atom stereocenters. The molecule has 2 nitrogen and oxygen atoms in total. The maximum absolute atomic E-state index is 4.14. The number of rotatable bonds is 0. The second-order valence-corrected chi connectivity index (χ2v) is 3.34. The minimum atomic E-state index is 0.867. The van der Waals surface area contributed by atoms with Crippen LogP contribution in [-0.2, 0) is 0 Å². The van der Waals surface area contributed by atoms with Gasteiger partial charge in [0.2, 0.25) is 0 Å². The summed E-state index contributed by atoms with van der Waals surface area (Å²) in [4.78, 5) is 7.30. The molecule has 0 bridgehead atoms. The van der Waals surface area contributed by atoms with Gasteiger partial charge in [-0.05, 0) is 34.5 Å². The van der Waals surface area contributed by atoms with Gasteiger partial charge in [0.05, 0.1) is 0 Å². The maximum Gasteiger partial charge on any atom is 0.108 e. The molecule has 0 radical (unpaired) electrons. The number of hydrogen-bond donors (Lipinski definition) is 1. The van der Waals surface area contributed by atoms with Gasteiger partial charge in [-0.15, -0.1) is 0 Å². The first-order valence-electron chi connectivity index (χ1n) is 3.36. The highest BCUT2D eigenvalue weighted by molar-refractivity contribution is 9.10. The minimum absolute atomic E-state index is 0.867. The number of aromatic amines is 1. The number of aromatic nitrogens is 2. The molecule has 2 heterocycles. The van der Waals surface area contributed by atoms with E-state index in [1.54, 1.807) is 0 Å². The molecule has 0 aliphatic heterocycles. The van der Waals surface area contributed by atoms with E-state index in [4.69, 9.17) is 0 Å². The van der Waals surface area contributed by atoms with Gasteiger partial charge in [0.1, 0.15) is 4.60 Å². The van der Waals surface area contributed by atoms with Gasteiger partial charge in [-0.25, -0.2) is 4.98 Å². The maximum atomic E-state index is 4.14. The topological polar surface area (TPSA) is 28.7 Å². The number of pyridine rings is 1. The Morgan fingerprint density at radius 1 is 1.55 bits per heavy atom. The average molecular weight is 211 g/mol. The first-order chi connectivity index (χ1) is 5.27. The number of nitrogens with one attached hydrogen (secondary N) is 1. The number of fused-ring (bicyclic) bond motifs is 1. The molecule has 11 heavy (non-hydrogen) atoms. The van der Waals surface area contributed by atoms with Crippen molar-refractivity contribution in [1.82, 2.24) is 9.97 Å². The van der Waals surface area contributed by atoms with Gasteiger partial charge >= 0.3 is 0 Å². The standard InChI is InChI=1S/C8H7BrN2/c1-5-3-10-7-2-8(9)11-4-6(5)7/h2-4,10H,1H3. The van der Waals surface area contributed by atoms with Crippen LogP contribution in [0.1, 0.15) is 5.56 Å². The molecule has 2 aromatic heterocycles. The summed E-state index contributed by atoms with van der Waals surface area (Å²) in [6, 6.07) is 1.97. The first kappa shape index (κ1) is 6.85. The van der Waals surface area contributed by atoms with Gasteiger partial charge in [0.25, 0.3) is 0 Å². The summed E-state index contributed by atoms with van der Waals surface area (Å²) in [7, 11) is 0. The van der Waals surface area contributed by atoms with Gasteiger partial charge in [0.15, 0.2) is 0 Å². The van der Waals surface area contributed by atoms with Crippen molar-refractivity contribution >= 4 is 26.8 Å². The normalized spacial score (nSPS) is 10.7. The lowest BCUT2D eigenvalue weighted by Gasteiger charge is -1.90. The lowest BCUT2D eigenvalue weighted by atomic mass is 10.2. The third-order valence-electron chi connectivity index (χ3n) is 1.74. The summed E-state index contributed by atoms with van der Waals surface area (Å²) in [5.41, 5.74) is 2.37. The second kappa shape index (κ2) is 2.34. The number of halogens is 1. The summed E-state index contributed by atoms with van der Waals surface area (Å²) in [6.45, 7) is 2.06. The molecule has 0 fully saturated rings. The van der Waals surface area contributed by atoms with Gasteiger partial charge < -0.3 is 4.98 Å². The van der Waals surface area contributed by atoms with Crippen LogP contribution in [0.25, 0.3) is 10.9 Å². The van der Waals surface area contributed by atoms with E-state index in [1.165, 1.54) is 10.9 Å². The van der Waals surface area contributed by atoms with Crippen molar-refractivity contribution in [1.29, 1.82) is 0 Å². The van der Waals surface area contributed by atoms with Crippen LogP contribution in [0.4, 0.5) is 0 Å². The summed E-state index contributed by atoms with van der Waals surface area (Å²) in [6.07, 6.45) is 3.85. The van der Waals surface area contributed by atoms with E-state index < -0.39 is 0 Å². The van der Waals surface area contributed by atoms with Crippen molar-refractivity contribution in [3.63, 3.8) is 0 Å². The van der Waals surface area contributed by atoms with Crippen LogP contribution >= 0.6 is 15.9 Å². The van der Waals surface area contributed by atoms with Crippen LogP contribution in [0.2, 0.25) is 0 Å². The summed E-state index contributed by atoms with van der Waals surface area (Å²) < 4.78 is 0.867. The monoisotopic (exact) mass is 210 g/mol. The Hall–Kier alpha value is -0.830. The number of hydrogen-bond acceptors (Lipinski definition) is 1.